The Morgan fingerprint density at radius 2 is 1.86 bits per heavy atom. The van der Waals surface area contributed by atoms with Crippen molar-refractivity contribution in [1.29, 1.82) is 0 Å². The molecule has 6 heteroatoms. The van der Waals surface area contributed by atoms with Gasteiger partial charge in [0.15, 0.2) is 0 Å². The molecule has 0 aliphatic rings. The van der Waals surface area contributed by atoms with Gasteiger partial charge < -0.3 is 5.32 Å². The molecule has 0 aliphatic carbocycles. The predicted molar refractivity (Wildman–Crippen MR) is 121 cm³/mol. The van der Waals surface area contributed by atoms with Crippen molar-refractivity contribution in [2.45, 2.75) is 11.8 Å². The Bertz CT molecular complexity index is 1170. The highest BCUT2D eigenvalue weighted by Gasteiger charge is 2.12. The molecule has 140 valence electrons. The minimum Gasteiger partial charge on any atom is -0.322 e. The molecule has 3 nitrogen and oxygen atoms in total. The molecule has 1 N–H and O–H groups in total. The minimum atomic E-state index is -0.218. The van der Waals surface area contributed by atoms with Crippen molar-refractivity contribution in [1.82, 2.24) is 4.98 Å². The van der Waals surface area contributed by atoms with Crippen LogP contribution in [0.4, 0.5) is 5.69 Å². The van der Waals surface area contributed by atoms with Gasteiger partial charge in [0.1, 0.15) is 5.01 Å². The number of rotatable bonds is 4. The third-order valence-corrected chi connectivity index (χ3v) is 6.47. The second-order valence-corrected chi connectivity index (χ2v) is 8.68. The topological polar surface area (TPSA) is 42.0 Å². The number of fused-ring (bicyclic) bond motifs is 1. The second-order valence-electron chi connectivity index (χ2n) is 6.37. The number of thioether (sulfide) groups is 1. The fraction of sp³-hybridized carbons (Fsp3) is 0.0909. The summed E-state index contributed by atoms with van der Waals surface area (Å²) in [7, 11) is 0. The summed E-state index contributed by atoms with van der Waals surface area (Å²) in [6.45, 7) is 2.08. The molecule has 4 aromatic rings. The van der Waals surface area contributed by atoms with Crippen LogP contribution < -0.4 is 5.32 Å². The molecule has 28 heavy (non-hydrogen) atoms. The highest BCUT2D eigenvalue weighted by molar-refractivity contribution is 7.98. The summed E-state index contributed by atoms with van der Waals surface area (Å²) in [4.78, 5) is 18.3. The average Bonchev–Trinajstić information content (AvgIpc) is 3.12. The fourth-order valence-electron chi connectivity index (χ4n) is 2.86. The van der Waals surface area contributed by atoms with Crippen molar-refractivity contribution in [3.63, 3.8) is 0 Å². The molecule has 0 aliphatic heterocycles. The lowest BCUT2D eigenvalue weighted by atomic mass is 10.2. The number of hydrogen-bond donors (Lipinski definition) is 1. The maximum absolute atomic E-state index is 12.6. The smallest absolute Gasteiger partial charge is 0.257 e. The van der Waals surface area contributed by atoms with E-state index in [9.17, 15) is 4.79 Å². The van der Waals surface area contributed by atoms with Crippen LogP contribution in [0.25, 0.3) is 20.8 Å². The SMILES string of the molecule is CSc1ccc(Cl)c(C(=O)Nc2ccc(-c3nc4ccc(C)cc4s3)cc2)c1. The number of aryl methyl sites for hydroxylation is 1. The van der Waals surface area contributed by atoms with E-state index in [1.807, 2.05) is 42.7 Å². The minimum absolute atomic E-state index is 0.218. The standard InChI is InChI=1S/C22H17ClN2OS2/c1-13-3-10-19-20(11-13)28-22(25-19)14-4-6-15(7-5-14)24-21(26)17-12-16(27-2)8-9-18(17)23/h3-12H,1-2H3,(H,24,26). The number of halogens is 1. The number of carbonyl (C=O) groups excluding carboxylic acids is 1. The molecule has 3 aromatic carbocycles. The molecule has 4 rings (SSSR count). The maximum Gasteiger partial charge on any atom is 0.257 e. The number of benzene rings is 3. The van der Waals surface area contributed by atoms with E-state index < -0.39 is 0 Å². The zero-order chi connectivity index (χ0) is 19.7. The maximum atomic E-state index is 12.6. The molecule has 0 radical (unpaired) electrons. The molecule has 0 bridgehead atoms. The van der Waals surface area contributed by atoms with Crippen LogP contribution in [0.5, 0.6) is 0 Å². The number of nitrogens with one attached hydrogen (secondary N) is 1. The molecule has 0 saturated heterocycles. The summed E-state index contributed by atoms with van der Waals surface area (Å²) in [6.07, 6.45) is 1.97. The molecule has 1 heterocycles. The number of thiazole rings is 1. The molecule has 0 spiro atoms. The Kier molecular flexibility index (Phi) is 5.40. The van der Waals surface area contributed by atoms with Gasteiger partial charge in [-0.1, -0.05) is 17.7 Å². The van der Waals surface area contributed by atoms with Crippen LogP contribution >= 0.6 is 34.7 Å². The Morgan fingerprint density at radius 1 is 1.07 bits per heavy atom. The first kappa shape index (κ1) is 19.0. The third-order valence-electron chi connectivity index (χ3n) is 4.35. The van der Waals surface area contributed by atoms with E-state index in [-0.39, 0.29) is 5.91 Å². The van der Waals surface area contributed by atoms with Gasteiger partial charge in [-0.3, -0.25) is 4.79 Å². The zero-order valence-electron chi connectivity index (χ0n) is 15.3. The second kappa shape index (κ2) is 7.95. The van der Waals surface area contributed by atoms with Crippen LogP contribution in [0.2, 0.25) is 5.02 Å². The average molecular weight is 425 g/mol. The van der Waals surface area contributed by atoms with E-state index in [0.717, 1.165) is 26.7 Å². The molecular weight excluding hydrogens is 408 g/mol. The quantitative estimate of drug-likeness (QED) is 0.362. The van der Waals surface area contributed by atoms with E-state index in [1.165, 1.54) is 10.3 Å². The van der Waals surface area contributed by atoms with Crippen molar-refractivity contribution in [2.24, 2.45) is 0 Å². The highest BCUT2D eigenvalue weighted by Crippen LogP contribution is 2.31. The van der Waals surface area contributed by atoms with Crippen LogP contribution in [0, 0.1) is 6.92 Å². The monoisotopic (exact) mass is 424 g/mol. The summed E-state index contributed by atoms with van der Waals surface area (Å²) in [6, 6.07) is 19.4. The summed E-state index contributed by atoms with van der Waals surface area (Å²) in [5, 5.41) is 4.32. The number of nitrogens with zero attached hydrogens (tertiary/aromatic N) is 1. The van der Waals surface area contributed by atoms with Crippen molar-refractivity contribution < 1.29 is 4.79 Å². The lowest BCUT2D eigenvalue weighted by Crippen LogP contribution is -2.12. The molecule has 1 aromatic heterocycles. The molecule has 0 saturated carbocycles. The van der Waals surface area contributed by atoms with Gasteiger partial charge in [-0.15, -0.1) is 23.1 Å². The zero-order valence-corrected chi connectivity index (χ0v) is 17.7. The van der Waals surface area contributed by atoms with E-state index in [2.05, 4.69) is 24.4 Å². The molecule has 0 unspecified atom stereocenters. The van der Waals surface area contributed by atoms with E-state index in [4.69, 9.17) is 16.6 Å². The van der Waals surface area contributed by atoms with Gasteiger partial charge in [0.05, 0.1) is 20.8 Å². The van der Waals surface area contributed by atoms with Crippen molar-refractivity contribution in [3.05, 3.63) is 76.8 Å². The summed E-state index contributed by atoms with van der Waals surface area (Å²) < 4.78 is 1.18. The lowest BCUT2D eigenvalue weighted by Gasteiger charge is -2.08. The Hall–Kier alpha value is -2.34. The Labute approximate surface area is 176 Å². The van der Waals surface area contributed by atoms with Crippen LogP contribution in [0.15, 0.2) is 65.6 Å². The van der Waals surface area contributed by atoms with Gasteiger partial charge >= 0.3 is 0 Å². The molecular formula is C22H17ClN2OS2. The van der Waals surface area contributed by atoms with E-state index in [0.29, 0.717) is 10.6 Å². The van der Waals surface area contributed by atoms with Gasteiger partial charge in [0.25, 0.3) is 5.91 Å². The largest absolute Gasteiger partial charge is 0.322 e. The normalized spacial score (nSPS) is 11.0. The first-order valence-corrected chi connectivity index (χ1v) is 11.1. The number of hydrogen-bond acceptors (Lipinski definition) is 4. The van der Waals surface area contributed by atoms with Gasteiger partial charge in [0, 0.05) is 16.1 Å². The molecule has 0 atom stereocenters. The summed E-state index contributed by atoms with van der Waals surface area (Å²) >= 11 is 9.43. The van der Waals surface area contributed by atoms with E-state index >= 15 is 0 Å². The van der Waals surface area contributed by atoms with Crippen molar-refractivity contribution in [2.75, 3.05) is 11.6 Å². The Balaban J connectivity index is 1.55. The van der Waals surface area contributed by atoms with Crippen LogP contribution in [0.3, 0.4) is 0 Å². The first-order chi connectivity index (χ1) is 13.5. The van der Waals surface area contributed by atoms with Gasteiger partial charge in [0.2, 0.25) is 0 Å². The van der Waals surface area contributed by atoms with Crippen molar-refractivity contribution >= 4 is 56.5 Å². The van der Waals surface area contributed by atoms with Gasteiger partial charge in [-0.2, -0.15) is 0 Å². The van der Waals surface area contributed by atoms with Crippen LogP contribution in [-0.4, -0.2) is 17.1 Å². The van der Waals surface area contributed by atoms with Crippen LogP contribution in [0.1, 0.15) is 15.9 Å². The van der Waals surface area contributed by atoms with Crippen molar-refractivity contribution in [3.8, 4) is 10.6 Å². The number of carbonyl (C=O) groups is 1. The lowest BCUT2D eigenvalue weighted by molar-refractivity contribution is 0.102. The molecule has 1 amide bonds. The van der Waals surface area contributed by atoms with Crippen LogP contribution in [-0.2, 0) is 0 Å². The summed E-state index contributed by atoms with van der Waals surface area (Å²) in [5.74, 6) is -0.218. The third kappa shape index (κ3) is 3.92. The predicted octanol–water partition coefficient (Wildman–Crippen LogP) is 6.90. The Morgan fingerprint density at radius 3 is 2.61 bits per heavy atom. The number of anilines is 1. The van der Waals surface area contributed by atoms with Gasteiger partial charge in [-0.05, 0) is 73.3 Å². The van der Waals surface area contributed by atoms with Gasteiger partial charge in [-0.25, -0.2) is 4.98 Å². The molecule has 0 fully saturated rings. The fourth-order valence-corrected chi connectivity index (χ4v) is 4.57. The number of aromatic nitrogens is 1. The van der Waals surface area contributed by atoms with E-state index in [1.54, 1.807) is 35.2 Å². The summed E-state index contributed by atoms with van der Waals surface area (Å²) in [5.41, 5.74) is 4.45. The first-order valence-electron chi connectivity index (χ1n) is 8.66. The highest BCUT2D eigenvalue weighted by atomic mass is 35.5. The number of amides is 1.